The van der Waals surface area contributed by atoms with E-state index in [1.54, 1.807) is 6.07 Å². The highest BCUT2D eigenvalue weighted by atomic mass is 35.5. The number of halogens is 1. The second-order valence-electron chi connectivity index (χ2n) is 2.96. The third kappa shape index (κ3) is 1.09. The van der Waals surface area contributed by atoms with Crippen LogP contribution in [0.25, 0.3) is 10.9 Å². The van der Waals surface area contributed by atoms with E-state index >= 15 is 0 Å². The molecule has 0 saturated carbocycles. The highest BCUT2D eigenvalue weighted by Gasteiger charge is 2.14. The highest BCUT2D eigenvalue weighted by Crippen LogP contribution is 2.35. The lowest BCUT2D eigenvalue weighted by atomic mass is 10.2. The molecule has 3 rings (SSSR count). The van der Waals surface area contributed by atoms with Gasteiger partial charge in [-0.2, -0.15) is 0 Å². The average molecular weight is 207 g/mol. The third-order valence-electron chi connectivity index (χ3n) is 2.09. The summed E-state index contributed by atoms with van der Waals surface area (Å²) in [4.78, 5) is 4.13. The first-order chi connectivity index (χ1) is 6.83. The average Bonchev–Trinajstić information content (AvgIpc) is 2.61. The van der Waals surface area contributed by atoms with Crippen LogP contribution in [0.4, 0.5) is 0 Å². The first kappa shape index (κ1) is 7.88. The molecule has 3 nitrogen and oxygen atoms in total. The molecule has 2 aromatic rings. The van der Waals surface area contributed by atoms with Gasteiger partial charge in [-0.15, -0.1) is 0 Å². The molecule has 0 amide bonds. The zero-order chi connectivity index (χ0) is 9.54. The first-order valence-corrected chi connectivity index (χ1v) is 4.48. The molecule has 2 heterocycles. The van der Waals surface area contributed by atoms with E-state index in [2.05, 4.69) is 11.1 Å². The number of rotatable bonds is 0. The van der Waals surface area contributed by atoms with Gasteiger partial charge in [0.15, 0.2) is 11.5 Å². The lowest BCUT2D eigenvalue weighted by Gasteiger charge is -1.99. The third-order valence-corrected chi connectivity index (χ3v) is 2.28. The maximum absolute atomic E-state index is 5.73. The Kier molecular flexibility index (Phi) is 1.55. The Hall–Kier alpha value is -1.48. The van der Waals surface area contributed by atoms with Gasteiger partial charge in [-0.3, -0.25) is 0 Å². The molecule has 0 unspecified atom stereocenters. The molecule has 1 aromatic heterocycles. The van der Waals surface area contributed by atoms with Gasteiger partial charge in [0, 0.05) is 17.5 Å². The van der Waals surface area contributed by atoms with E-state index in [0.29, 0.717) is 10.9 Å². The van der Waals surface area contributed by atoms with Gasteiger partial charge in [-0.1, -0.05) is 11.6 Å². The van der Waals surface area contributed by atoms with Crippen LogP contribution in [0.1, 0.15) is 0 Å². The van der Waals surface area contributed by atoms with Crippen molar-refractivity contribution in [2.75, 3.05) is 6.79 Å². The van der Waals surface area contributed by atoms with Crippen LogP contribution in [0.5, 0.6) is 11.5 Å². The lowest BCUT2D eigenvalue weighted by molar-refractivity contribution is 0.174. The maximum atomic E-state index is 5.73. The fourth-order valence-electron chi connectivity index (χ4n) is 1.43. The zero-order valence-corrected chi connectivity index (χ0v) is 7.84. The van der Waals surface area contributed by atoms with Crippen molar-refractivity contribution < 1.29 is 9.47 Å². The predicted octanol–water partition coefficient (Wildman–Crippen LogP) is 2.42. The highest BCUT2D eigenvalue weighted by molar-refractivity contribution is 6.29. The Bertz CT molecular complexity index is 513. The largest absolute Gasteiger partial charge is 0.454 e. The van der Waals surface area contributed by atoms with E-state index < -0.39 is 0 Å². The van der Waals surface area contributed by atoms with E-state index in [9.17, 15) is 0 Å². The maximum Gasteiger partial charge on any atom is 0.231 e. The van der Waals surface area contributed by atoms with Crippen LogP contribution >= 0.6 is 11.6 Å². The smallest absolute Gasteiger partial charge is 0.231 e. The normalized spacial score (nSPS) is 13.5. The van der Waals surface area contributed by atoms with Crippen molar-refractivity contribution >= 4 is 22.5 Å². The molecule has 1 aliphatic rings. The molecule has 0 fully saturated rings. The van der Waals surface area contributed by atoms with Gasteiger partial charge in [-0.05, 0) is 12.1 Å². The van der Waals surface area contributed by atoms with Crippen LogP contribution in [0.15, 0.2) is 18.2 Å². The fourth-order valence-corrected chi connectivity index (χ4v) is 1.58. The summed E-state index contributed by atoms with van der Waals surface area (Å²) in [5, 5.41) is 1.30. The summed E-state index contributed by atoms with van der Waals surface area (Å²) in [5.74, 6) is 1.46. The van der Waals surface area contributed by atoms with Crippen LogP contribution < -0.4 is 9.47 Å². The summed E-state index contributed by atoms with van der Waals surface area (Å²) in [5.41, 5.74) is 0.790. The van der Waals surface area contributed by atoms with Crippen molar-refractivity contribution in [1.82, 2.24) is 4.98 Å². The number of nitrogens with zero attached hydrogens (tertiary/aromatic N) is 1. The Morgan fingerprint density at radius 3 is 2.93 bits per heavy atom. The molecule has 1 aliphatic heterocycles. The quantitative estimate of drug-likeness (QED) is 0.621. The number of hydrogen-bond acceptors (Lipinski definition) is 3. The number of aromatic nitrogens is 1. The molecule has 0 N–H and O–H groups in total. The molecule has 0 atom stereocenters. The second-order valence-corrected chi connectivity index (χ2v) is 3.31. The minimum atomic E-state index is 0.267. The van der Waals surface area contributed by atoms with Crippen molar-refractivity contribution in [2.24, 2.45) is 0 Å². The SMILES string of the molecule is Clc1[c]cc2cc3c(cc2n1)OCO3. The van der Waals surface area contributed by atoms with Crippen molar-refractivity contribution in [1.29, 1.82) is 0 Å². The summed E-state index contributed by atoms with van der Waals surface area (Å²) in [6, 6.07) is 8.30. The van der Waals surface area contributed by atoms with Gasteiger partial charge in [-0.25, -0.2) is 4.98 Å². The number of ether oxygens (including phenoxy) is 2. The van der Waals surface area contributed by atoms with Gasteiger partial charge in [0.1, 0.15) is 5.15 Å². The lowest BCUT2D eigenvalue weighted by Crippen LogP contribution is -1.92. The monoisotopic (exact) mass is 206 g/mol. The van der Waals surface area contributed by atoms with Crippen LogP contribution in [0.2, 0.25) is 5.15 Å². The van der Waals surface area contributed by atoms with Gasteiger partial charge in [0.05, 0.1) is 5.52 Å². The molecule has 14 heavy (non-hydrogen) atoms. The summed E-state index contributed by atoms with van der Waals surface area (Å²) < 4.78 is 10.5. The molecule has 69 valence electrons. The van der Waals surface area contributed by atoms with Crippen molar-refractivity contribution in [3.8, 4) is 11.5 Å². The molecular formula is C10H5ClNO2. The fraction of sp³-hybridized carbons (Fsp3) is 0.100. The molecular weight excluding hydrogens is 202 g/mol. The minimum absolute atomic E-state index is 0.267. The van der Waals surface area contributed by atoms with Crippen molar-refractivity contribution in [3.63, 3.8) is 0 Å². The number of fused-ring (bicyclic) bond motifs is 2. The number of pyridine rings is 1. The molecule has 0 aliphatic carbocycles. The molecule has 0 saturated heterocycles. The first-order valence-electron chi connectivity index (χ1n) is 4.10. The van der Waals surface area contributed by atoms with Gasteiger partial charge in [0.25, 0.3) is 0 Å². The van der Waals surface area contributed by atoms with Crippen LogP contribution in [-0.4, -0.2) is 11.8 Å². The summed E-state index contributed by atoms with van der Waals surface area (Å²) >= 11 is 5.73. The second kappa shape index (κ2) is 2.75. The minimum Gasteiger partial charge on any atom is -0.454 e. The molecule has 4 heteroatoms. The van der Waals surface area contributed by atoms with E-state index in [1.807, 2.05) is 12.1 Å². The summed E-state index contributed by atoms with van der Waals surface area (Å²) in [6.45, 7) is 0.267. The van der Waals surface area contributed by atoms with Crippen molar-refractivity contribution in [3.05, 3.63) is 29.4 Å². The Labute approximate surface area is 85.2 Å². The Morgan fingerprint density at radius 2 is 2.07 bits per heavy atom. The Balaban J connectivity index is 2.33. The standard InChI is InChI=1S/C10H5ClNO2/c11-10-2-1-6-3-8-9(14-5-13-8)4-7(6)12-10/h1,3-4H,5H2. The van der Waals surface area contributed by atoms with E-state index in [-0.39, 0.29) is 6.79 Å². The molecule has 0 spiro atoms. The van der Waals surface area contributed by atoms with Crippen LogP contribution in [0.3, 0.4) is 0 Å². The predicted molar refractivity (Wildman–Crippen MR) is 51.7 cm³/mol. The Morgan fingerprint density at radius 1 is 1.29 bits per heavy atom. The van der Waals surface area contributed by atoms with E-state index in [1.165, 1.54) is 0 Å². The molecule has 0 bridgehead atoms. The van der Waals surface area contributed by atoms with E-state index in [0.717, 1.165) is 16.7 Å². The summed E-state index contributed by atoms with van der Waals surface area (Å²) in [6.07, 6.45) is 0. The molecule has 1 radical (unpaired) electrons. The summed E-state index contributed by atoms with van der Waals surface area (Å²) in [7, 11) is 0. The van der Waals surface area contributed by atoms with Crippen LogP contribution in [0, 0.1) is 6.07 Å². The number of hydrogen-bond donors (Lipinski definition) is 0. The van der Waals surface area contributed by atoms with Gasteiger partial charge in [0.2, 0.25) is 6.79 Å². The number of benzene rings is 1. The van der Waals surface area contributed by atoms with Crippen LogP contribution in [-0.2, 0) is 0 Å². The van der Waals surface area contributed by atoms with Gasteiger partial charge < -0.3 is 9.47 Å². The zero-order valence-electron chi connectivity index (χ0n) is 7.08. The molecule has 1 aromatic carbocycles. The van der Waals surface area contributed by atoms with Gasteiger partial charge >= 0.3 is 0 Å². The van der Waals surface area contributed by atoms with Crippen molar-refractivity contribution in [2.45, 2.75) is 0 Å². The van der Waals surface area contributed by atoms with E-state index in [4.69, 9.17) is 21.1 Å². The topological polar surface area (TPSA) is 31.4 Å².